The molecule has 202 valence electrons. The number of fused-ring (bicyclic) bond motifs is 5. The van der Waals surface area contributed by atoms with Crippen molar-refractivity contribution in [3.05, 3.63) is 77.2 Å². The van der Waals surface area contributed by atoms with Gasteiger partial charge in [-0.3, -0.25) is 4.98 Å². The number of benzene rings is 1. The molecule has 2 aliphatic carbocycles. The Labute approximate surface area is 224 Å². The zero-order valence-corrected chi connectivity index (χ0v) is 22.8. The summed E-state index contributed by atoms with van der Waals surface area (Å²) in [5, 5.41) is 8.28. The molecule has 0 amide bonds. The summed E-state index contributed by atoms with van der Waals surface area (Å²) in [6.45, 7) is 7.53. The van der Waals surface area contributed by atoms with E-state index < -0.39 is 32.1 Å². The lowest BCUT2D eigenvalue weighted by Gasteiger charge is -2.37. The quantitative estimate of drug-likeness (QED) is 0.313. The molecule has 4 aromatic rings. The maximum atomic E-state index is 14.5. The highest BCUT2D eigenvalue weighted by atomic mass is 32.2. The average Bonchev–Trinajstić information content (AvgIpc) is 3.51. The average molecular weight is 552 g/mol. The second-order valence-electron chi connectivity index (χ2n) is 11.1. The smallest absolute Gasteiger partial charge is 0.246 e. The number of halogens is 2. The summed E-state index contributed by atoms with van der Waals surface area (Å²) in [6.07, 6.45) is 6.14. The minimum Gasteiger partial charge on any atom is -0.443 e. The van der Waals surface area contributed by atoms with Crippen molar-refractivity contribution in [2.75, 3.05) is 0 Å². The van der Waals surface area contributed by atoms with E-state index in [1.54, 1.807) is 26.1 Å². The first kappa shape index (κ1) is 25.7. The monoisotopic (exact) mass is 551 g/mol. The predicted molar refractivity (Wildman–Crippen MR) is 139 cm³/mol. The van der Waals surface area contributed by atoms with Crippen LogP contribution in [-0.2, 0) is 21.0 Å². The lowest BCUT2D eigenvalue weighted by molar-refractivity contribution is 0.242. The van der Waals surface area contributed by atoms with Crippen molar-refractivity contribution in [3.63, 3.8) is 0 Å². The van der Waals surface area contributed by atoms with Crippen LogP contribution in [0.4, 0.5) is 8.78 Å². The van der Waals surface area contributed by atoms with Crippen LogP contribution < -0.4 is 0 Å². The van der Waals surface area contributed by atoms with Crippen molar-refractivity contribution >= 4 is 9.84 Å². The van der Waals surface area contributed by atoms with Crippen molar-refractivity contribution in [2.45, 2.75) is 62.9 Å². The Morgan fingerprint density at radius 2 is 1.82 bits per heavy atom. The molecular weight excluding hydrogens is 524 g/mol. The third-order valence-electron chi connectivity index (χ3n) is 8.51. The van der Waals surface area contributed by atoms with Crippen LogP contribution in [0, 0.1) is 17.0 Å². The van der Waals surface area contributed by atoms with E-state index in [1.807, 2.05) is 0 Å². The summed E-state index contributed by atoms with van der Waals surface area (Å²) < 4.78 is 59.3. The van der Waals surface area contributed by atoms with E-state index in [4.69, 9.17) is 9.40 Å². The van der Waals surface area contributed by atoms with E-state index in [0.717, 1.165) is 24.1 Å². The Morgan fingerprint density at radius 3 is 2.54 bits per heavy atom. The second kappa shape index (κ2) is 8.70. The topological polar surface area (TPSA) is 112 Å². The lowest BCUT2D eigenvalue weighted by atomic mass is 9.66. The highest BCUT2D eigenvalue weighted by molar-refractivity contribution is 7.91. The fourth-order valence-electron chi connectivity index (χ4n) is 6.30. The lowest BCUT2D eigenvalue weighted by Crippen LogP contribution is -2.38. The molecule has 11 heteroatoms. The van der Waals surface area contributed by atoms with Crippen LogP contribution in [0.5, 0.6) is 0 Å². The highest BCUT2D eigenvalue weighted by Gasteiger charge is 2.65. The van der Waals surface area contributed by atoms with E-state index in [0.29, 0.717) is 17.1 Å². The molecule has 2 atom stereocenters. The second-order valence-corrected chi connectivity index (χ2v) is 13.7. The summed E-state index contributed by atoms with van der Waals surface area (Å²) in [6, 6.07) is 5.49. The largest absolute Gasteiger partial charge is 0.443 e. The molecular formula is C28H27F2N5O3S. The third kappa shape index (κ3) is 3.73. The van der Waals surface area contributed by atoms with Gasteiger partial charge in [0.1, 0.15) is 23.6 Å². The molecule has 0 N–H and O–H groups in total. The Bertz CT molecular complexity index is 1700. The summed E-state index contributed by atoms with van der Waals surface area (Å²) in [5.41, 5.74) is 1.98. The Morgan fingerprint density at radius 1 is 1.08 bits per heavy atom. The van der Waals surface area contributed by atoms with Gasteiger partial charge in [0.05, 0.1) is 51.0 Å². The predicted octanol–water partition coefficient (Wildman–Crippen LogP) is 5.39. The Hall–Kier alpha value is -3.60. The van der Waals surface area contributed by atoms with Crippen molar-refractivity contribution in [2.24, 2.45) is 5.41 Å². The van der Waals surface area contributed by atoms with Gasteiger partial charge in [-0.25, -0.2) is 27.2 Å². The van der Waals surface area contributed by atoms with Crippen LogP contribution in [0.1, 0.15) is 69.1 Å². The number of hydrogen-bond donors (Lipinski definition) is 0. The summed E-state index contributed by atoms with van der Waals surface area (Å²) in [5.74, 6) is -1.35. The fourth-order valence-corrected chi connectivity index (χ4v) is 7.17. The normalized spacial score (nSPS) is 21.5. The molecule has 6 rings (SSSR count). The SMILES string of the molecule is CC(C)S(=O)(=O)Cc1coc(-c2cncc([C@@]34CC[C@@H](c5cc(-c6c(F)cccc6F)nnc53)C4(C)C)n2)n1. The molecule has 3 aromatic heterocycles. The highest BCUT2D eigenvalue weighted by Crippen LogP contribution is 2.69. The number of aromatic nitrogens is 5. The van der Waals surface area contributed by atoms with E-state index in [-0.39, 0.29) is 34.2 Å². The minimum atomic E-state index is -3.35. The molecule has 0 aliphatic heterocycles. The van der Waals surface area contributed by atoms with Gasteiger partial charge in [0.15, 0.2) is 9.84 Å². The molecule has 3 heterocycles. The van der Waals surface area contributed by atoms with Gasteiger partial charge in [-0.15, -0.1) is 5.10 Å². The van der Waals surface area contributed by atoms with Gasteiger partial charge in [-0.2, -0.15) is 5.10 Å². The summed E-state index contributed by atoms with van der Waals surface area (Å²) in [7, 11) is -3.35. The zero-order chi connectivity index (χ0) is 27.7. The molecule has 0 unspecified atom stereocenters. The van der Waals surface area contributed by atoms with Crippen molar-refractivity contribution in [1.29, 1.82) is 0 Å². The van der Waals surface area contributed by atoms with Gasteiger partial charge in [0.25, 0.3) is 0 Å². The third-order valence-corrected chi connectivity index (χ3v) is 10.6. The fraction of sp³-hybridized carbons (Fsp3) is 0.393. The number of sulfone groups is 1. The first-order valence-corrected chi connectivity index (χ1v) is 14.5. The van der Waals surface area contributed by atoms with Gasteiger partial charge >= 0.3 is 0 Å². The molecule has 1 fully saturated rings. The van der Waals surface area contributed by atoms with Crippen LogP contribution in [0.2, 0.25) is 0 Å². The molecule has 0 saturated heterocycles. The number of oxazole rings is 1. The molecule has 0 radical (unpaired) electrons. The van der Waals surface area contributed by atoms with Crippen LogP contribution in [0.15, 0.2) is 47.3 Å². The van der Waals surface area contributed by atoms with Gasteiger partial charge in [0.2, 0.25) is 5.89 Å². The molecule has 2 bridgehead atoms. The standard InChI is InChI=1S/C28H27F2N5O3S/c1-15(2)39(36,37)14-16-13-38-26(32-16)22-11-31-12-23(33-22)28-9-8-18(27(28,3)4)17-10-21(34-35-25(17)28)24-19(29)6-5-7-20(24)30/h5-7,10-13,15,18H,8-9,14H2,1-4H3/t18-,28-/m0/s1. The summed E-state index contributed by atoms with van der Waals surface area (Å²) >= 11 is 0. The Kier molecular flexibility index (Phi) is 5.73. The first-order valence-electron chi connectivity index (χ1n) is 12.8. The number of hydrogen-bond acceptors (Lipinski definition) is 8. The van der Waals surface area contributed by atoms with E-state index in [1.165, 1.54) is 30.7 Å². The maximum Gasteiger partial charge on any atom is 0.246 e. The van der Waals surface area contributed by atoms with Gasteiger partial charge in [-0.1, -0.05) is 19.9 Å². The maximum absolute atomic E-state index is 14.5. The van der Waals surface area contributed by atoms with Gasteiger partial charge in [0, 0.05) is 6.20 Å². The zero-order valence-electron chi connectivity index (χ0n) is 21.9. The van der Waals surface area contributed by atoms with E-state index in [2.05, 4.69) is 34.0 Å². The molecule has 8 nitrogen and oxygen atoms in total. The van der Waals surface area contributed by atoms with Gasteiger partial charge < -0.3 is 4.42 Å². The molecule has 1 saturated carbocycles. The van der Waals surface area contributed by atoms with E-state index >= 15 is 0 Å². The molecule has 2 aliphatic rings. The van der Waals surface area contributed by atoms with Crippen molar-refractivity contribution in [3.8, 4) is 22.8 Å². The first-order chi connectivity index (χ1) is 18.5. The van der Waals surface area contributed by atoms with Crippen molar-refractivity contribution in [1.82, 2.24) is 25.1 Å². The van der Waals surface area contributed by atoms with Crippen LogP contribution in [0.25, 0.3) is 22.8 Å². The molecule has 1 aromatic carbocycles. The van der Waals surface area contributed by atoms with Crippen LogP contribution in [-0.4, -0.2) is 38.8 Å². The molecule has 39 heavy (non-hydrogen) atoms. The van der Waals surface area contributed by atoms with Gasteiger partial charge in [-0.05, 0) is 61.8 Å². The van der Waals surface area contributed by atoms with Crippen LogP contribution >= 0.6 is 0 Å². The Balaban J connectivity index is 1.42. The molecule has 0 spiro atoms. The summed E-state index contributed by atoms with van der Waals surface area (Å²) in [4.78, 5) is 13.7. The van der Waals surface area contributed by atoms with Crippen LogP contribution in [0.3, 0.4) is 0 Å². The van der Waals surface area contributed by atoms with E-state index in [9.17, 15) is 17.2 Å². The van der Waals surface area contributed by atoms with Crippen molar-refractivity contribution < 1.29 is 21.6 Å². The minimum absolute atomic E-state index is 0.0802. The number of rotatable bonds is 6. The number of nitrogens with zero attached hydrogens (tertiary/aromatic N) is 5.